The monoisotopic (exact) mass is 856 g/mol. The molecule has 0 bridgehead atoms. The van der Waals surface area contributed by atoms with Crippen LogP contribution in [-0.2, 0) is 14.3 Å². The van der Waals surface area contributed by atoms with Crippen molar-refractivity contribution in [2.75, 3.05) is 13.2 Å². The molecule has 0 aromatic carbocycles. The van der Waals surface area contributed by atoms with Gasteiger partial charge in [0.15, 0.2) is 0 Å². The zero-order chi connectivity index (χ0) is 44.4. The first-order valence-corrected chi connectivity index (χ1v) is 26.4. The summed E-state index contributed by atoms with van der Waals surface area (Å²) in [6.07, 6.45) is 62.5. The van der Waals surface area contributed by atoms with Gasteiger partial charge in [-0.1, -0.05) is 210 Å². The van der Waals surface area contributed by atoms with Gasteiger partial charge in [0.05, 0.1) is 25.4 Å². The van der Waals surface area contributed by atoms with E-state index in [1.807, 2.05) is 6.08 Å². The van der Waals surface area contributed by atoms with E-state index in [-0.39, 0.29) is 18.5 Å². The Morgan fingerprint density at radius 1 is 0.459 bits per heavy atom. The topological polar surface area (TPSA) is 95.9 Å². The van der Waals surface area contributed by atoms with Crippen LogP contribution in [0.25, 0.3) is 0 Å². The molecule has 0 aromatic rings. The minimum Gasteiger partial charge on any atom is -0.466 e. The first-order chi connectivity index (χ1) is 30.0. The summed E-state index contributed by atoms with van der Waals surface area (Å²) in [6, 6.07) is -0.650. The Balaban J connectivity index is 3.56. The third-order valence-corrected chi connectivity index (χ3v) is 11.8. The molecule has 0 heterocycles. The van der Waals surface area contributed by atoms with Gasteiger partial charge in [0, 0.05) is 12.8 Å². The molecule has 0 saturated carbocycles. The van der Waals surface area contributed by atoms with Crippen LogP contribution in [0, 0.1) is 0 Å². The van der Waals surface area contributed by atoms with Gasteiger partial charge in [-0.05, 0) is 89.9 Å². The molecule has 0 aliphatic carbocycles. The molecule has 0 rings (SSSR count). The fourth-order valence-electron chi connectivity index (χ4n) is 7.71. The molecule has 0 fully saturated rings. The van der Waals surface area contributed by atoms with Gasteiger partial charge < -0.3 is 20.3 Å². The highest BCUT2D eigenvalue weighted by Crippen LogP contribution is 2.15. The van der Waals surface area contributed by atoms with Crippen LogP contribution in [0.5, 0.6) is 0 Å². The van der Waals surface area contributed by atoms with E-state index in [9.17, 15) is 19.8 Å². The summed E-state index contributed by atoms with van der Waals surface area (Å²) in [4.78, 5) is 24.5. The smallest absolute Gasteiger partial charge is 0.305 e. The molecule has 6 heteroatoms. The summed E-state index contributed by atoms with van der Waals surface area (Å²) in [5, 5.41) is 23.1. The van der Waals surface area contributed by atoms with Gasteiger partial charge >= 0.3 is 5.97 Å². The van der Waals surface area contributed by atoms with Crippen molar-refractivity contribution >= 4 is 11.9 Å². The van der Waals surface area contributed by atoms with Crippen LogP contribution in [0.4, 0.5) is 0 Å². The first kappa shape index (κ1) is 58.8. The Labute approximate surface area is 378 Å². The van der Waals surface area contributed by atoms with Crippen molar-refractivity contribution in [3.63, 3.8) is 0 Å². The van der Waals surface area contributed by atoms with Gasteiger partial charge in [0.2, 0.25) is 5.91 Å². The number of nitrogens with one attached hydrogen (secondary N) is 1. The number of amides is 1. The molecule has 61 heavy (non-hydrogen) atoms. The Morgan fingerprint density at radius 2 is 0.820 bits per heavy atom. The molecule has 0 radical (unpaired) electrons. The number of carbonyl (C=O) groups is 2. The van der Waals surface area contributed by atoms with E-state index in [1.165, 1.54) is 148 Å². The van der Waals surface area contributed by atoms with Crippen molar-refractivity contribution in [1.82, 2.24) is 5.32 Å². The number of aliphatic hydroxyl groups is 2. The van der Waals surface area contributed by atoms with Crippen molar-refractivity contribution in [2.24, 2.45) is 0 Å². The lowest BCUT2D eigenvalue weighted by Crippen LogP contribution is -2.45. The molecule has 0 aliphatic heterocycles. The summed E-state index contributed by atoms with van der Waals surface area (Å²) in [5.74, 6) is -0.140. The number of rotatable bonds is 48. The molecule has 6 nitrogen and oxygen atoms in total. The zero-order valence-corrected chi connectivity index (χ0v) is 40.4. The van der Waals surface area contributed by atoms with Gasteiger partial charge in [0.1, 0.15) is 0 Å². The van der Waals surface area contributed by atoms with Crippen LogP contribution in [0.15, 0.2) is 48.6 Å². The highest BCUT2D eigenvalue weighted by molar-refractivity contribution is 5.76. The van der Waals surface area contributed by atoms with Gasteiger partial charge in [-0.2, -0.15) is 0 Å². The number of hydrogen-bond acceptors (Lipinski definition) is 5. The maximum atomic E-state index is 12.4. The summed E-state index contributed by atoms with van der Waals surface area (Å²) in [7, 11) is 0. The number of allylic oxidation sites excluding steroid dienone is 7. The molecule has 0 aliphatic rings. The molecule has 356 valence electrons. The van der Waals surface area contributed by atoms with E-state index < -0.39 is 12.1 Å². The highest BCUT2D eigenvalue weighted by atomic mass is 16.5. The number of ether oxygens (including phenoxy) is 1. The van der Waals surface area contributed by atoms with Gasteiger partial charge in [0.25, 0.3) is 0 Å². The Morgan fingerprint density at radius 3 is 1.30 bits per heavy atom. The molecular formula is C55H101NO5. The molecule has 1 amide bonds. The first-order valence-electron chi connectivity index (χ1n) is 26.4. The second-order valence-corrected chi connectivity index (χ2v) is 17.8. The van der Waals surface area contributed by atoms with Crippen molar-refractivity contribution in [3.05, 3.63) is 48.6 Å². The van der Waals surface area contributed by atoms with Crippen LogP contribution >= 0.6 is 0 Å². The van der Waals surface area contributed by atoms with E-state index in [0.717, 1.165) is 89.9 Å². The second kappa shape index (κ2) is 50.5. The Hall–Kier alpha value is -2.18. The van der Waals surface area contributed by atoms with Gasteiger partial charge in [-0.25, -0.2) is 0 Å². The molecule has 2 unspecified atom stereocenters. The largest absolute Gasteiger partial charge is 0.466 e. The van der Waals surface area contributed by atoms with Crippen LogP contribution in [0.3, 0.4) is 0 Å². The Bertz CT molecular complexity index is 1040. The lowest BCUT2D eigenvalue weighted by atomic mass is 10.0. The van der Waals surface area contributed by atoms with Crippen LogP contribution in [-0.4, -0.2) is 47.4 Å². The standard InChI is InChI=1S/C55H101NO5/c1-3-5-7-9-11-13-15-17-19-21-23-25-29-33-37-41-45-49-55(60)61-50-46-42-38-34-30-26-28-32-36-40-44-48-54(59)56-52(51-57)53(58)47-43-39-35-31-27-24-22-20-18-16-14-12-10-8-6-4-2/h11,13,17,19,30,34,43,47,52-53,57-58H,3-10,12,14-16,18,20-29,31-33,35-42,44-46,48-51H2,1-2H3,(H,56,59)/b13-11-,19-17-,34-30-,47-43+. The predicted molar refractivity (Wildman–Crippen MR) is 264 cm³/mol. The maximum absolute atomic E-state index is 12.4. The number of carbonyl (C=O) groups excluding carboxylic acids is 2. The molecule has 2 atom stereocenters. The highest BCUT2D eigenvalue weighted by Gasteiger charge is 2.18. The number of hydrogen-bond donors (Lipinski definition) is 3. The lowest BCUT2D eigenvalue weighted by molar-refractivity contribution is -0.143. The van der Waals surface area contributed by atoms with E-state index in [4.69, 9.17) is 4.74 Å². The van der Waals surface area contributed by atoms with E-state index in [1.54, 1.807) is 6.08 Å². The van der Waals surface area contributed by atoms with Crippen molar-refractivity contribution in [1.29, 1.82) is 0 Å². The average molecular weight is 856 g/mol. The zero-order valence-electron chi connectivity index (χ0n) is 40.4. The van der Waals surface area contributed by atoms with E-state index in [2.05, 4.69) is 55.6 Å². The van der Waals surface area contributed by atoms with E-state index in [0.29, 0.717) is 19.4 Å². The molecule has 0 spiro atoms. The third-order valence-electron chi connectivity index (χ3n) is 11.8. The Kier molecular flexibility index (Phi) is 48.7. The summed E-state index contributed by atoms with van der Waals surface area (Å²) >= 11 is 0. The summed E-state index contributed by atoms with van der Waals surface area (Å²) in [6.45, 7) is 4.79. The molecular weight excluding hydrogens is 755 g/mol. The minimum atomic E-state index is -0.864. The number of esters is 1. The van der Waals surface area contributed by atoms with Gasteiger partial charge in [-0.15, -0.1) is 0 Å². The van der Waals surface area contributed by atoms with Crippen LogP contribution < -0.4 is 5.32 Å². The maximum Gasteiger partial charge on any atom is 0.305 e. The minimum absolute atomic E-state index is 0.0414. The summed E-state index contributed by atoms with van der Waals surface area (Å²) in [5.41, 5.74) is 0. The number of unbranched alkanes of at least 4 members (excludes halogenated alkanes) is 31. The normalized spacial score (nSPS) is 13.0. The van der Waals surface area contributed by atoms with Gasteiger partial charge in [-0.3, -0.25) is 9.59 Å². The average Bonchev–Trinajstić information content (AvgIpc) is 3.26. The SMILES string of the molecule is CCCCC/C=C\C/C=C\CCCCCCCCCC(=O)OCCCC/C=C\CCCCCCCC(=O)NC(CO)C(O)/C=C/CCCCCCCCCCCCCCCC. The quantitative estimate of drug-likeness (QED) is 0.0322. The van der Waals surface area contributed by atoms with Crippen molar-refractivity contribution < 1.29 is 24.5 Å². The summed E-state index contributed by atoms with van der Waals surface area (Å²) < 4.78 is 5.44. The molecule has 0 aromatic heterocycles. The molecule has 3 N–H and O–H groups in total. The third kappa shape index (κ3) is 47.1. The second-order valence-electron chi connectivity index (χ2n) is 17.8. The van der Waals surface area contributed by atoms with Crippen LogP contribution in [0.2, 0.25) is 0 Å². The number of aliphatic hydroxyl groups excluding tert-OH is 2. The lowest BCUT2D eigenvalue weighted by Gasteiger charge is -2.20. The fourth-order valence-corrected chi connectivity index (χ4v) is 7.71. The predicted octanol–water partition coefficient (Wildman–Crippen LogP) is 15.8. The van der Waals surface area contributed by atoms with E-state index >= 15 is 0 Å². The molecule has 0 saturated heterocycles. The van der Waals surface area contributed by atoms with Crippen molar-refractivity contribution in [2.45, 2.75) is 276 Å². The van der Waals surface area contributed by atoms with Crippen molar-refractivity contribution in [3.8, 4) is 0 Å². The fraction of sp³-hybridized carbons (Fsp3) is 0.818. The van der Waals surface area contributed by atoms with Crippen LogP contribution in [0.1, 0.15) is 264 Å².